The van der Waals surface area contributed by atoms with Crippen molar-refractivity contribution >= 4 is 35.3 Å². The quantitative estimate of drug-likeness (QED) is 0.591. The molecular formula is C18H18Cl2N2O2. The number of hydrogen-bond donors (Lipinski definition) is 1. The average molecular weight is 365 g/mol. The molecule has 24 heavy (non-hydrogen) atoms. The van der Waals surface area contributed by atoms with E-state index in [1.165, 1.54) is 6.07 Å². The van der Waals surface area contributed by atoms with Crippen molar-refractivity contribution < 1.29 is 9.53 Å². The summed E-state index contributed by atoms with van der Waals surface area (Å²) in [4.78, 5) is 12.0. The van der Waals surface area contributed by atoms with E-state index in [0.29, 0.717) is 28.1 Å². The fourth-order valence-corrected chi connectivity index (χ4v) is 2.08. The normalized spacial score (nSPS) is 11.0. The Hall–Kier alpha value is -2.04. The first-order chi connectivity index (χ1) is 11.5. The van der Waals surface area contributed by atoms with Gasteiger partial charge in [0.25, 0.3) is 5.91 Å². The molecule has 0 aromatic heterocycles. The standard InChI is InChI=1S/C18H18Cl2N2O2/c1-12(2)11-24-15-6-3-13(4-7-15)10-21-22-18(23)14-5-8-16(19)17(20)9-14/h3-10,12H,11H2,1-2H3,(H,22,23)/b21-10-. The van der Waals surface area contributed by atoms with Gasteiger partial charge in [-0.15, -0.1) is 0 Å². The van der Waals surface area contributed by atoms with Crippen molar-refractivity contribution in [3.8, 4) is 5.75 Å². The molecule has 4 nitrogen and oxygen atoms in total. The number of hydrazone groups is 1. The molecule has 1 N–H and O–H groups in total. The highest BCUT2D eigenvalue weighted by molar-refractivity contribution is 6.42. The number of benzene rings is 2. The Kier molecular flexibility index (Phi) is 6.64. The molecule has 0 aliphatic heterocycles. The van der Waals surface area contributed by atoms with Crippen molar-refractivity contribution in [3.63, 3.8) is 0 Å². The van der Waals surface area contributed by atoms with E-state index >= 15 is 0 Å². The second-order valence-corrected chi connectivity index (χ2v) is 6.42. The van der Waals surface area contributed by atoms with Gasteiger partial charge in [-0.25, -0.2) is 5.43 Å². The number of ether oxygens (including phenoxy) is 1. The molecule has 0 unspecified atom stereocenters. The maximum Gasteiger partial charge on any atom is 0.271 e. The van der Waals surface area contributed by atoms with Crippen LogP contribution in [0.4, 0.5) is 0 Å². The topological polar surface area (TPSA) is 50.7 Å². The van der Waals surface area contributed by atoms with Gasteiger partial charge < -0.3 is 4.74 Å². The Labute approximate surface area is 151 Å². The number of carbonyl (C=O) groups excluding carboxylic acids is 1. The van der Waals surface area contributed by atoms with E-state index in [2.05, 4.69) is 24.4 Å². The van der Waals surface area contributed by atoms with Gasteiger partial charge in [0.1, 0.15) is 5.75 Å². The molecule has 0 aliphatic rings. The van der Waals surface area contributed by atoms with Gasteiger partial charge in [0.2, 0.25) is 0 Å². The van der Waals surface area contributed by atoms with Crippen LogP contribution in [0, 0.1) is 5.92 Å². The molecule has 0 spiro atoms. The van der Waals surface area contributed by atoms with Gasteiger partial charge in [0.15, 0.2) is 0 Å². The molecule has 0 atom stereocenters. The Morgan fingerprint density at radius 1 is 1.17 bits per heavy atom. The third-order valence-corrected chi connectivity index (χ3v) is 3.76. The van der Waals surface area contributed by atoms with Crippen LogP contribution in [-0.4, -0.2) is 18.7 Å². The van der Waals surface area contributed by atoms with Gasteiger partial charge >= 0.3 is 0 Å². The van der Waals surface area contributed by atoms with Crippen LogP contribution in [0.15, 0.2) is 47.6 Å². The third-order valence-electron chi connectivity index (χ3n) is 3.02. The van der Waals surface area contributed by atoms with E-state index in [-0.39, 0.29) is 5.91 Å². The van der Waals surface area contributed by atoms with E-state index in [0.717, 1.165) is 11.3 Å². The van der Waals surface area contributed by atoms with Crippen molar-refractivity contribution in [2.75, 3.05) is 6.61 Å². The SMILES string of the molecule is CC(C)COc1ccc(/C=N\NC(=O)c2ccc(Cl)c(Cl)c2)cc1. The lowest BCUT2D eigenvalue weighted by Gasteiger charge is -2.08. The summed E-state index contributed by atoms with van der Waals surface area (Å²) in [6.45, 7) is 4.86. The third kappa shape index (κ3) is 5.55. The van der Waals surface area contributed by atoms with Crippen molar-refractivity contribution in [1.82, 2.24) is 5.43 Å². The lowest BCUT2D eigenvalue weighted by atomic mass is 10.2. The number of amides is 1. The minimum absolute atomic E-state index is 0.324. The van der Waals surface area contributed by atoms with Crippen LogP contribution in [-0.2, 0) is 0 Å². The Morgan fingerprint density at radius 2 is 1.88 bits per heavy atom. The maximum absolute atomic E-state index is 12.0. The van der Waals surface area contributed by atoms with Crippen LogP contribution >= 0.6 is 23.2 Å². The highest BCUT2D eigenvalue weighted by Gasteiger charge is 2.06. The van der Waals surface area contributed by atoms with Crippen molar-refractivity contribution in [3.05, 3.63) is 63.6 Å². The number of nitrogens with one attached hydrogen (secondary N) is 1. The molecule has 0 saturated heterocycles. The van der Waals surface area contributed by atoms with Gasteiger partial charge in [0.05, 0.1) is 22.9 Å². The molecule has 0 heterocycles. The van der Waals surface area contributed by atoms with Crippen LogP contribution in [0.3, 0.4) is 0 Å². The zero-order chi connectivity index (χ0) is 17.5. The zero-order valence-corrected chi connectivity index (χ0v) is 14.9. The predicted molar refractivity (Wildman–Crippen MR) is 98.3 cm³/mol. The first-order valence-electron chi connectivity index (χ1n) is 7.47. The van der Waals surface area contributed by atoms with E-state index < -0.39 is 0 Å². The second-order valence-electron chi connectivity index (χ2n) is 5.60. The van der Waals surface area contributed by atoms with Crippen LogP contribution in [0.5, 0.6) is 5.75 Å². The number of hydrogen-bond acceptors (Lipinski definition) is 3. The molecule has 2 aromatic carbocycles. The summed E-state index contributed by atoms with van der Waals surface area (Å²) in [6, 6.07) is 12.1. The Balaban J connectivity index is 1.91. The molecule has 0 fully saturated rings. The summed E-state index contributed by atoms with van der Waals surface area (Å²) < 4.78 is 5.61. The molecule has 6 heteroatoms. The number of nitrogens with zero attached hydrogens (tertiary/aromatic N) is 1. The molecular weight excluding hydrogens is 347 g/mol. The largest absolute Gasteiger partial charge is 0.493 e. The van der Waals surface area contributed by atoms with E-state index in [4.69, 9.17) is 27.9 Å². The highest BCUT2D eigenvalue weighted by Crippen LogP contribution is 2.22. The molecule has 0 aliphatic carbocycles. The number of carbonyl (C=O) groups is 1. The first kappa shape index (κ1) is 18.3. The lowest BCUT2D eigenvalue weighted by molar-refractivity contribution is 0.0955. The summed E-state index contributed by atoms with van der Waals surface area (Å²) in [7, 11) is 0. The molecule has 0 radical (unpaired) electrons. The van der Waals surface area contributed by atoms with E-state index in [1.807, 2.05) is 24.3 Å². The Bertz CT molecular complexity index is 728. The van der Waals surface area contributed by atoms with Gasteiger partial charge in [0, 0.05) is 5.56 Å². The zero-order valence-electron chi connectivity index (χ0n) is 13.4. The number of halogens is 2. The van der Waals surface area contributed by atoms with Gasteiger partial charge in [-0.2, -0.15) is 5.10 Å². The fourth-order valence-electron chi connectivity index (χ4n) is 1.78. The van der Waals surface area contributed by atoms with Crippen LogP contribution in [0.1, 0.15) is 29.8 Å². The van der Waals surface area contributed by atoms with Crippen molar-refractivity contribution in [1.29, 1.82) is 0 Å². The van der Waals surface area contributed by atoms with Crippen LogP contribution < -0.4 is 10.2 Å². The first-order valence-corrected chi connectivity index (χ1v) is 8.22. The summed E-state index contributed by atoms with van der Waals surface area (Å²) in [6.07, 6.45) is 1.56. The molecule has 0 bridgehead atoms. The van der Waals surface area contributed by atoms with Crippen LogP contribution in [0.2, 0.25) is 10.0 Å². The van der Waals surface area contributed by atoms with Gasteiger partial charge in [-0.05, 0) is 53.9 Å². The molecule has 2 rings (SSSR count). The molecule has 1 amide bonds. The second kappa shape index (κ2) is 8.71. The van der Waals surface area contributed by atoms with Crippen LogP contribution in [0.25, 0.3) is 0 Å². The monoisotopic (exact) mass is 364 g/mol. The van der Waals surface area contributed by atoms with Gasteiger partial charge in [-0.1, -0.05) is 37.0 Å². The number of rotatable bonds is 6. The summed E-state index contributed by atoms with van der Waals surface area (Å²) >= 11 is 11.7. The maximum atomic E-state index is 12.0. The summed E-state index contributed by atoms with van der Waals surface area (Å²) in [5.41, 5.74) is 3.68. The lowest BCUT2D eigenvalue weighted by Crippen LogP contribution is -2.17. The summed E-state index contributed by atoms with van der Waals surface area (Å²) in [5, 5.41) is 4.66. The van der Waals surface area contributed by atoms with Crippen molar-refractivity contribution in [2.45, 2.75) is 13.8 Å². The van der Waals surface area contributed by atoms with E-state index in [1.54, 1.807) is 18.3 Å². The smallest absolute Gasteiger partial charge is 0.271 e. The van der Waals surface area contributed by atoms with Gasteiger partial charge in [-0.3, -0.25) is 4.79 Å². The van der Waals surface area contributed by atoms with Crippen molar-refractivity contribution in [2.24, 2.45) is 11.0 Å². The van der Waals surface area contributed by atoms with E-state index in [9.17, 15) is 4.79 Å². The summed E-state index contributed by atoms with van der Waals surface area (Å²) in [5.74, 6) is 0.921. The minimum Gasteiger partial charge on any atom is -0.493 e. The molecule has 2 aromatic rings. The molecule has 126 valence electrons. The fraction of sp³-hybridized carbons (Fsp3) is 0.222. The highest BCUT2D eigenvalue weighted by atomic mass is 35.5. The minimum atomic E-state index is -0.360. The Morgan fingerprint density at radius 3 is 2.50 bits per heavy atom. The predicted octanol–water partition coefficient (Wildman–Crippen LogP) is 4.79. The molecule has 0 saturated carbocycles. The average Bonchev–Trinajstić information content (AvgIpc) is 2.56.